The Morgan fingerprint density at radius 3 is 2.75 bits per heavy atom. The van der Waals surface area contributed by atoms with Gasteiger partial charge in [-0.1, -0.05) is 22.4 Å². The SMILES string of the molecule is CC(=O)N1CCc2cc(C(=O)CCCCCBr)ccc21. The summed E-state index contributed by atoms with van der Waals surface area (Å²) in [5, 5.41) is 1.00. The molecule has 0 unspecified atom stereocenters. The van der Waals surface area contributed by atoms with Crippen molar-refractivity contribution in [2.75, 3.05) is 16.8 Å². The van der Waals surface area contributed by atoms with E-state index in [1.165, 1.54) is 0 Å². The van der Waals surface area contributed by atoms with Crippen LogP contribution in [0.5, 0.6) is 0 Å². The van der Waals surface area contributed by atoms with E-state index in [2.05, 4.69) is 15.9 Å². The largest absolute Gasteiger partial charge is 0.312 e. The molecule has 0 radical (unpaired) electrons. The molecule has 4 heteroatoms. The summed E-state index contributed by atoms with van der Waals surface area (Å²) in [5.74, 6) is 0.279. The Morgan fingerprint density at radius 2 is 2.05 bits per heavy atom. The zero-order chi connectivity index (χ0) is 14.5. The number of hydrogen-bond donors (Lipinski definition) is 0. The molecule has 1 heterocycles. The van der Waals surface area contributed by atoms with Crippen LogP contribution >= 0.6 is 15.9 Å². The van der Waals surface area contributed by atoms with Crippen molar-refractivity contribution in [1.82, 2.24) is 0 Å². The van der Waals surface area contributed by atoms with Gasteiger partial charge in [0, 0.05) is 36.5 Å². The molecule has 0 spiro atoms. The number of benzene rings is 1. The summed E-state index contributed by atoms with van der Waals surface area (Å²) in [7, 11) is 0. The van der Waals surface area contributed by atoms with Gasteiger partial charge in [0.25, 0.3) is 0 Å². The number of unbranched alkanes of at least 4 members (excludes halogenated alkanes) is 2. The highest BCUT2D eigenvalue weighted by atomic mass is 79.9. The minimum absolute atomic E-state index is 0.0672. The maximum absolute atomic E-state index is 12.1. The summed E-state index contributed by atoms with van der Waals surface area (Å²) in [5.41, 5.74) is 2.87. The van der Waals surface area contributed by atoms with Gasteiger partial charge in [-0.15, -0.1) is 0 Å². The van der Waals surface area contributed by atoms with E-state index >= 15 is 0 Å². The smallest absolute Gasteiger partial charge is 0.223 e. The van der Waals surface area contributed by atoms with Crippen LogP contribution in [0.3, 0.4) is 0 Å². The summed E-state index contributed by atoms with van der Waals surface area (Å²) >= 11 is 3.40. The summed E-state index contributed by atoms with van der Waals surface area (Å²) in [6.45, 7) is 2.31. The fraction of sp³-hybridized carbons (Fsp3) is 0.500. The summed E-state index contributed by atoms with van der Waals surface area (Å²) < 4.78 is 0. The van der Waals surface area contributed by atoms with Crippen LogP contribution in [0, 0.1) is 0 Å². The average molecular weight is 338 g/mol. The van der Waals surface area contributed by atoms with Gasteiger partial charge in [-0.2, -0.15) is 0 Å². The quantitative estimate of drug-likeness (QED) is 0.450. The third kappa shape index (κ3) is 3.48. The summed E-state index contributed by atoms with van der Waals surface area (Å²) in [4.78, 5) is 25.4. The van der Waals surface area contributed by atoms with Crippen molar-refractivity contribution in [2.45, 2.75) is 39.0 Å². The predicted octanol–water partition coefficient (Wildman–Crippen LogP) is 3.73. The second-order valence-corrected chi connectivity index (χ2v) is 5.98. The van der Waals surface area contributed by atoms with Gasteiger partial charge in [-0.3, -0.25) is 9.59 Å². The zero-order valence-corrected chi connectivity index (χ0v) is 13.4. The third-order valence-electron chi connectivity index (χ3n) is 3.71. The molecule has 0 fully saturated rings. The number of fused-ring (bicyclic) bond motifs is 1. The molecule has 1 aliphatic rings. The number of rotatable bonds is 6. The lowest BCUT2D eigenvalue weighted by Crippen LogP contribution is -2.25. The fourth-order valence-corrected chi connectivity index (χ4v) is 3.00. The number of halogens is 1. The van der Waals surface area contributed by atoms with Crippen LogP contribution in [0.1, 0.15) is 48.5 Å². The molecule has 3 nitrogen and oxygen atoms in total. The first-order valence-electron chi connectivity index (χ1n) is 7.13. The van der Waals surface area contributed by atoms with Gasteiger partial charge >= 0.3 is 0 Å². The van der Waals surface area contributed by atoms with Crippen molar-refractivity contribution in [3.63, 3.8) is 0 Å². The highest BCUT2D eigenvalue weighted by molar-refractivity contribution is 9.09. The Balaban J connectivity index is 2.01. The molecule has 1 amide bonds. The van der Waals surface area contributed by atoms with Crippen LogP contribution in [0.25, 0.3) is 0 Å². The summed E-state index contributed by atoms with van der Waals surface area (Å²) in [6.07, 6.45) is 4.61. The second-order valence-electron chi connectivity index (χ2n) is 5.19. The van der Waals surface area contributed by atoms with Crippen LogP contribution in [0.15, 0.2) is 18.2 Å². The van der Waals surface area contributed by atoms with Crippen LogP contribution in [-0.2, 0) is 11.2 Å². The molecule has 0 saturated heterocycles. The van der Waals surface area contributed by atoms with Crippen LogP contribution in [0.4, 0.5) is 5.69 Å². The fourth-order valence-electron chi connectivity index (χ4n) is 2.60. The first-order valence-corrected chi connectivity index (χ1v) is 8.26. The van der Waals surface area contributed by atoms with Crippen LogP contribution in [-0.4, -0.2) is 23.6 Å². The molecule has 2 rings (SSSR count). The van der Waals surface area contributed by atoms with Gasteiger partial charge in [-0.05, 0) is 43.0 Å². The number of hydrogen-bond acceptors (Lipinski definition) is 2. The summed E-state index contributed by atoms with van der Waals surface area (Å²) in [6, 6.07) is 5.73. The molecular formula is C16H20BrNO2. The number of carbonyl (C=O) groups excluding carboxylic acids is 2. The Kier molecular flexibility index (Phi) is 5.35. The number of carbonyl (C=O) groups is 2. The molecule has 1 aromatic carbocycles. The molecule has 0 atom stereocenters. The maximum Gasteiger partial charge on any atom is 0.223 e. The van der Waals surface area contributed by atoms with Crippen molar-refractivity contribution in [3.8, 4) is 0 Å². The number of Topliss-reactive ketones (excluding diaryl/α,β-unsaturated/α-hetero) is 1. The van der Waals surface area contributed by atoms with Gasteiger partial charge < -0.3 is 4.90 Å². The lowest BCUT2D eigenvalue weighted by molar-refractivity contribution is -0.116. The lowest BCUT2D eigenvalue weighted by atomic mass is 10.0. The van der Waals surface area contributed by atoms with Crippen molar-refractivity contribution in [1.29, 1.82) is 0 Å². The average Bonchev–Trinajstić information content (AvgIpc) is 2.86. The van der Waals surface area contributed by atoms with E-state index in [1.54, 1.807) is 11.8 Å². The topological polar surface area (TPSA) is 37.4 Å². The van der Waals surface area contributed by atoms with Gasteiger partial charge in [0.1, 0.15) is 0 Å². The van der Waals surface area contributed by atoms with E-state index in [4.69, 9.17) is 0 Å². The van der Waals surface area contributed by atoms with E-state index < -0.39 is 0 Å². The van der Waals surface area contributed by atoms with Crippen molar-refractivity contribution in [2.24, 2.45) is 0 Å². The normalized spacial score (nSPS) is 13.4. The molecule has 108 valence electrons. The van der Waals surface area contributed by atoms with Crippen LogP contribution in [0.2, 0.25) is 0 Å². The standard InChI is InChI=1S/C16H20BrNO2/c1-12(19)18-10-8-13-11-14(6-7-15(13)18)16(20)5-3-2-4-9-17/h6-7,11H,2-5,8-10H2,1H3. The number of alkyl halides is 1. The zero-order valence-electron chi connectivity index (χ0n) is 11.8. The Bertz CT molecular complexity index is 513. The Hall–Kier alpha value is -1.16. The van der Waals surface area contributed by atoms with Gasteiger partial charge in [-0.25, -0.2) is 0 Å². The van der Waals surface area contributed by atoms with E-state index in [1.807, 2.05) is 18.2 Å². The minimum atomic E-state index is 0.0672. The van der Waals surface area contributed by atoms with Gasteiger partial charge in [0.05, 0.1) is 0 Å². The Morgan fingerprint density at radius 1 is 1.25 bits per heavy atom. The lowest BCUT2D eigenvalue weighted by Gasteiger charge is -2.14. The van der Waals surface area contributed by atoms with Crippen molar-refractivity contribution >= 4 is 33.3 Å². The minimum Gasteiger partial charge on any atom is -0.312 e. The Labute approximate surface area is 128 Å². The molecule has 0 bridgehead atoms. The first kappa shape index (κ1) is 15.2. The first-order chi connectivity index (χ1) is 9.63. The highest BCUT2D eigenvalue weighted by Gasteiger charge is 2.22. The molecule has 0 aliphatic carbocycles. The van der Waals surface area contributed by atoms with Gasteiger partial charge in [0.2, 0.25) is 5.91 Å². The predicted molar refractivity (Wildman–Crippen MR) is 84.8 cm³/mol. The van der Waals surface area contributed by atoms with E-state index in [0.29, 0.717) is 6.42 Å². The molecule has 20 heavy (non-hydrogen) atoms. The van der Waals surface area contributed by atoms with E-state index in [9.17, 15) is 9.59 Å². The van der Waals surface area contributed by atoms with Crippen LogP contribution < -0.4 is 4.90 Å². The molecular weight excluding hydrogens is 318 g/mol. The molecule has 0 aromatic heterocycles. The van der Waals surface area contributed by atoms with E-state index in [0.717, 1.165) is 54.4 Å². The maximum atomic E-state index is 12.1. The molecule has 0 saturated carbocycles. The molecule has 0 N–H and O–H groups in total. The number of amides is 1. The molecule has 1 aliphatic heterocycles. The number of anilines is 1. The molecule has 1 aromatic rings. The number of nitrogens with zero attached hydrogens (tertiary/aromatic N) is 1. The van der Waals surface area contributed by atoms with E-state index in [-0.39, 0.29) is 11.7 Å². The van der Waals surface area contributed by atoms with Gasteiger partial charge in [0.15, 0.2) is 5.78 Å². The van der Waals surface area contributed by atoms with Crippen molar-refractivity contribution in [3.05, 3.63) is 29.3 Å². The highest BCUT2D eigenvalue weighted by Crippen LogP contribution is 2.29. The third-order valence-corrected chi connectivity index (χ3v) is 4.28. The van der Waals surface area contributed by atoms with Crippen molar-refractivity contribution < 1.29 is 9.59 Å². The second kappa shape index (κ2) is 7.02. The number of ketones is 1. The monoisotopic (exact) mass is 337 g/mol.